The molecule has 0 aliphatic heterocycles. The van der Waals surface area contributed by atoms with E-state index >= 15 is 0 Å². The van der Waals surface area contributed by atoms with E-state index in [1.807, 2.05) is 13.0 Å². The van der Waals surface area contributed by atoms with E-state index in [-0.39, 0.29) is 0 Å². The van der Waals surface area contributed by atoms with Gasteiger partial charge in [0.25, 0.3) is 0 Å². The summed E-state index contributed by atoms with van der Waals surface area (Å²) in [7, 11) is 0. The maximum absolute atomic E-state index is 12.5. The van der Waals surface area contributed by atoms with Gasteiger partial charge in [0.15, 0.2) is 0 Å². The van der Waals surface area contributed by atoms with E-state index in [0.29, 0.717) is 0 Å². The molecule has 1 N–H and O–H groups in total. The summed E-state index contributed by atoms with van der Waals surface area (Å²) in [6, 6.07) is 3.30. The number of pyridine rings is 1. The highest BCUT2D eigenvalue weighted by Crippen LogP contribution is 2.13. The lowest BCUT2D eigenvalue weighted by atomic mass is 10.3. The standard InChI is InChI=1S/C8H7FN2/c1-5-2-6-3-8(9)10-4-7(6)11-5/h2-4,11H,1H3. The topological polar surface area (TPSA) is 28.7 Å². The Balaban J connectivity index is 2.82. The lowest BCUT2D eigenvalue weighted by Gasteiger charge is -1.86. The van der Waals surface area contributed by atoms with E-state index in [1.54, 1.807) is 0 Å². The van der Waals surface area contributed by atoms with Gasteiger partial charge in [-0.25, -0.2) is 4.98 Å². The zero-order chi connectivity index (χ0) is 7.84. The average Bonchev–Trinajstić information content (AvgIpc) is 2.27. The number of hydrogen-bond acceptors (Lipinski definition) is 1. The number of halogens is 1. The molecule has 3 heteroatoms. The minimum atomic E-state index is -0.434. The van der Waals surface area contributed by atoms with E-state index < -0.39 is 5.95 Å². The fourth-order valence-electron chi connectivity index (χ4n) is 1.15. The summed E-state index contributed by atoms with van der Waals surface area (Å²) in [5.74, 6) is -0.434. The highest BCUT2D eigenvalue weighted by molar-refractivity contribution is 5.79. The summed E-state index contributed by atoms with van der Waals surface area (Å²) < 4.78 is 12.5. The first-order valence-corrected chi connectivity index (χ1v) is 3.36. The molecule has 0 saturated carbocycles. The Hall–Kier alpha value is -1.38. The molecule has 0 saturated heterocycles. The van der Waals surface area contributed by atoms with Crippen LogP contribution in [0.4, 0.5) is 4.39 Å². The van der Waals surface area contributed by atoms with Gasteiger partial charge in [-0.2, -0.15) is 4.39 Å². The number of aromatic nitrogens is 2. The maximum atomic E-state index is 12.5. The van der Waals surface area contributed by atoms with Gasteiger partial charge in [0, 0.05) is 17.1 Å². The molecule has 0 atom stereocenters. The molecule has 2 heterocycles. The third kappa shape index (κ3) is 0.981. The molecule has 2 rings (SSSR count). The first-order chi connectivity index (χ1) is 5.25. The average molecular weight is 150 g/mol. The van der Waals surface area contributed by atoms with Crippen LogP contribution in [0.3, 0.4) is 0 Å². The van der Waals surface area contributed by atoms with Crippen LogP contribution in [0.15, 0.2) is 18.3 Å². The molecule has 0 unspecified atom stereocenters. The van der Waals surface area contributed by atoms with Crippen molar-refractivity contribution in [2.45, 2.75) is 6.92 Å². The van der Waals surface area contributed by atoms with Crippen molar-refractivity contribution < 1.29 is 4.39 Å². The summed E-state index contributed by atoms with van der Waals surface area (Å²) >= 11 is 0. The molecule has 0 spiro atoms. The van der Waals surface area contributed by atoms with Crippen LogP contribution >= 0.6 is 0 Å². The van der Waals surface area contributed by atoms with E-state index in [1.165, 1.54) is 12.3 Å². The first-order valence-electron chi connectivity index (χ1n) is 3.36. The number of nitrogens with zero attached hydrogens (tertiary/aromatic N) is 1. The van der Waals surface area contributed by atoms with Gasteiger partial charge in [-0.15, -0.1) is 0 Å². The van der Waals surface area contributed by atoms with E-state index in [2.05, 4.69) is 9.97 Å². The quantitative estimate of drug-likeness (QED) is 0.572. The Kier molecular flexibility index (Phi) is 1.18. The number of H-pyrrole nitrogens is 1. The molecule has 0 radical (unpaired) electrons. The van der Waals surface area contributed by atoms with Gasteiger partial charge < -0.3 is 4.98 Å². The molecule has 0 aliphatic carbocycles. The molecule has 0 aromatic carbocycles. The SMILES string of the molecule is Cc1cc2cc(F)ncc2[nH]1. The van der Waals surface area contributed by atoms with Crippen molar-refractivity contribution in [2.75, 3.05) is 0 Å². The highest BCUT2D eigenvalue weighted by atomic mass is 19.1. The molecule has 0 amide bonds. The Bertz CT molecular complexity index is 392. The smallest absolute Gasteiger partial charge is 0.213 e. The van der Waals surface area contributed by atoms with Crippen molar-refractivity contribution >= 4 is 10.9 Å². The predicted octanol–water partition coefficient (Wildman–Crippen LogP) is 2.01. The molecule has 2 aromatic heterocycles. The second-order valence-corrected chi connectivity index (χ2v) is 2.55. The van der Waals surface area contributed by atoms with Crippen molar-refractivity contribution in [2.24, 2.45) is 0 Å². The second kappa shape index (κ2) is 2.05. The zero-order valence-electron chi connectivity index (χ0n) is 6.06. The van der Waals surface area contributed by atoms with Crippen molar-refractivity contribution in [3.63, 3.8) is 0 Å². The van der Waals surface area contributed by atoms with Crippen LogP contribution in [0.2, 0.25) is 0 Å². The molecular formula is C8H7FN2. The number of aromatic amines is 1. The van der Waals surface area contributed by atoms with Gasteiger partial charge in [0.05, 0.1) is 11.7 Å². The van der Waals surface area contributed by atoms with Gasteiger partial charge in [-0.1, -0.05) is 0 Å². The van der Waals surface area contributed by atoms with Crippen molar-refractivity contribution in [1.29, 1.82) is 0 Å². The van der Waals surface area contributed by atoms with Crippen molar-refractivity contribution in [3.05, 3.63) is 30.0 Å². The van der Waals surface area contributed by atoms with Crippen molar-refractivity contribution in [1.82, 2.24) is 9.97 Å². The number of nitrogens with one attached hydrogen (secondary N) is 1. The fourth-order valence-corrected chi connectivity index (χ4v) is 1.15. The van der Waals surface area contributed by atoms with Gasteiger partial charge in [0.1, 0.15) is 0 Å². The normalized spacial score (nSPS) is 10.7. The van der Waals surface area contributed by atoms with Gasteiger partial charge in [0.2, 0.25) is 5.95 Å². The van der Waals surface area contributed by atoms with Crippen LogP contribution in [0, 0.1) is 12.9 Å². The lowest BCUT2D eigenvalue weighted by molar-refractivity contribution is 0.586. The Morgan fingerprint density at radius 2 is 2.27 bits per heavy atom. The molecule has 2 aromatic rings. The van der Waals surface area contributed by atoms with Crippen LogP contribution in [-0.4, -0.2) is 9.97 Å². The second-order valence-electron chi connectivity index (χ2n) is 2.55. The molecule has 0 fully saturated rings. The molecule has 11 heavy (non-hydrogen) atoms. The molecule has 0 aliphatic rings. The minimum absolute atomic E-state index is 0.434. The summed E-state index contributed by atoms with van der Waals surface area (Å²) in [6.07, 6.45) is 1.50. The predicted molar refractivity (Wildman–Crippen MR) is 40.8 cm³/mol. The first kappa shape index (κ1) is 6.34. The van der Waals surface area contributed by atoms with Crippen LogP contribution in [0.25, 0.3) is 10.9 Å². The van der Waals surface area contributed by atoms with Gasteiger partial charge >= 0.3 is 0 Å². The number of fused-ring (bicyclic) bond motifs is 1. The molecule has 0 bridgehead atoms. The van der Waals surface area contributed by atoms with Crippen molar-refractivity contribution in [3.8, 4) is 0 Å². The Labute approximate surface area is 63.1 Å². The third-order valence-electron chi connectivity index (χ3n) is 1.61. The molecule has 2 nitrogen and oxygen atoms in total. The maximum Gasteiger partial charge on any atom is 0.213 e. The fraction of sp³-hybridized carbons (Fsp3) is 0.125. The number of rotatable bonds is 0. The molecule has 56 valence electrons. The van der Waals surface area contributed by atoms with Crippen LogP contribution in [0.1, 0.15) is 5.69 Å². The van der Waals surface area contributed by atoms with E-state index in [0.717, 1.165) is 16.6 Å². The summed E-state index contributed by atoms with van der Waals surface area (Å²) in [6.45, 7) is 1.93. The lowest BCUT2D eigenvalue weighted by Crippen LogP contribution is -1.78. The van der Waals surface area contributed by atoms with E-state index in [9.17, 15) is 4.39 Å². The van der Waals surface area contributed by atoms with Crippen LogP contribution < -0.4 is 0 Å². The van der Waals surface area contributed by atoms with Crippen LogP contribution in [0.5, 0.6) is 0 Å². The van der Waals surface area contributed by atoms with Gasteiger partial charge in [-0.3, -0.25) is 0 Å². The number of aryl methyl sites for hydroxylation is 1. The summed E-state index contributed by atoms with van der Waals surface area (Å²) in [4.78, 5) is 6.58. The minimum Gasteiger partial charge on any atom is -0.357 e. The Morgan fingerprint density at radius 3 is 3.09 bits per heavy atom. The zero-order valence-corrected chi connectivity index (χ0v) is 6.06. The van der Waals surface area contributed by atoms with Crippen LogP contribution in [-0.2, 0) is 0 Å². The highest BCUT2D eigenvalue weighted by Gasteiger charge is 1.98. The Morgan fingerprint density at radius 1 is 1.45 bits per heavy atom. The van der Waals surface area contributed by atoms with E-state index in [4.69, 9.17) is 0 Å². The number of hydrogen-bond donors (Lipinski definition) is 1. The third-order valence-corrected chi connectivity index (χ3v) is 1.61. The molecular weight excluding hydrogens is 143 g/mol. The summed E-state index contributed by atoms with van der Waals surface area (Å²) in [5.41, 5.74) is 1.90. The van der Waals surface area contributed by atoms with Gasteiger partial charge in [-0.05, 0) is 13.0 Å². The largest absolute Gasteiger partial charge is 0.357 e. The summed E-state index contributed by atoms with van der Waals surface area (Å²) in [5, 5.41) is 0.870. The monoisotopic (exact) mass is 150 g/mol.